The van der Waals surface area contributed by atoms with E-state index in [1.807, 2.05) is 24.3 Å². The summed E-state index contributed by atoms with van der Waals surface area (Å²) < 4.78 is 6.69. The molecule has 3 rings (SSSR count). The number of nitrogens with zero attached hydrogens (tertiary/aromatic N) is 2. The van der Waals surface area contributed by atoms with Crippen molar-refractivity contribution in [1.29, 1.82) is 0 Å². The quantitative estimate of drug-likeness (QED) is 0.830. The summed E-state index contributed by atoms with van der Waals surface area (Å²) in [7, 11) is 0. The molecule has 0 bridgehead atoms. The summed E-state index contributed by atoms with van der Waals surface area (Å²) >= 11 is 3.44. The number of rotatable bonds is 6. The SMILES string of the molecule is Brc1cccc(-c2nnc(CCCNC3CC3)o2)c1. The molecule has 1 fully saturated rings. The fourth-order valence-corrected chi connectivity index (χ4v) is 2.33. The van der Waals surface area contributed by atoms with E-state index >= 15 is 0 Å². The second-order valence-electron chi connectivity index (χ2n) is 4.84. The number of nitrogens with one attached hydrogen (secondary N) is 1. The fourth-order valence-electron chi connectivity index (χ4n) is 1.93. The van der Waals surface area contributed by atoms with Gasteiger partial charge in [0.1, 0.15) is 0 Å². The molecule has 0 amide bonds. The van der Waals surface area contributed by atoms with E-state index in [9.17, 15) is 0 Å². The molecule has 1 N–H and O–H groups in total. The number of aromatic nitrogens is 2. The zero-order valence-corrected chi connectivity index (χ0v) is 12.2. The maximum atomic E-state index is 5.68. The Bertz CT molecular complexity index is 551. The Morgan fingerprint density at radius 1 is 1.32 bits per heavy atom. The third kappa shape index (κ3) is 3.64. The first-order chi connectivity index (χ1) is 9.31. The maximum Gasteiger partial charge on any atom is 0.247 e. The van der Waals surface area contributed by atoms with Crippen LogP contribution >= 0.6 is 15.9 Å². The van der Waals surface area contributed by atoms with Gasteiger partial charge in [-0.3, -0.25) is 0 Å². The lowest BCUT2D eigenvalue weighted by molar-refractivity contribution is 0.491. The van der Waals surface area contributed by atoms with E-state index < -0.39 is 0 Å². The molecule has 1 aromatic heterocycles. The normalized spacial score (nSPS) is 14.8. The van der Waals surface area contributed by atoms with E-state index in [0.29, 0.717) is 11.8 Å². The van der Waals surface area contributed by atoms with Gasteiger partial charge >= 0.3 is 0 Å². The Morgan fingerprint density at radius 2 is 2.21 bits per heavy atom. The third-order valence-corrected chi connectivity index (χ3v) is 3.61. The van der Waals surface area contributed by atoms with Crippen molar-refractivity contribution in [1.82, 2.24) is 15.5 Å². The van der Waals surface area contributed by atoms with Gasteiger partial charge in [-0.05, 0) is 44.0 Å². The molecule has 1 heterocycles. The van der Waals surface area contributed by atoms with Crippen LogP contribution in [0.25, 0.3) is 11.5 Å². The lowest BCUT2D eigenvalue weighted by Gasteiger charge is -1.99. The van der Waals surface area contributed by atoms with Crippen LogP contribution in [0.2, 0.25) is 0 Å². The van der Waals surface area contributed by atoms with E-state index in [4.69, 9.17) is 4.42 Å². The summed E-state index contributed by atoms with van der Waals surface area (Å²) in [6.07, 6.45) is 4.53. The minimum absolute atomic E-state index is 0.589. The average molecular weight is 322 g/mol. The van der Waals surface area contributed by atoms with Gasteiger partial charge in [0.2, 0.25) is 11.8 Å². The highest BCUT2D eigenvalue weighted by atomic mass is 79.9. The van der Waals surface area contributed by atoms with Crippen molar-refractivity contribution in [3.05, 3.63) is 34.6 Å². The van der Waals surface area contributed by atoms with Crippen LogP contribution in [0.3, 0.4) is 0 Å². The van der Waals surface area contributed by atoms with Crippen LogP contribution in [0.5, 0.6) is 0 Å². The van der Waals surface area contributed by atoms with Gasteiger partial charge in [-0.1, -0.05) is 22.0 Å². The summed E-state index contributed by atoms with van der Waals surface area (Å²) in [6, 6.07) is 8.65. The Balaban J connectivity index is 1.56. The molecular weight excluding hydrogens is 306 g/mol. The molecule has 100 valence electrons. The smallest absolute Gasteiger partial charge is 0.247 e. The molecule has 19 heavy (non-hydrogen) atoms. The van der Waals surface area contributed by atoms with Crippen LogP contribution < -0.4 is 5.32 Å². The molecular formula is C14H16BrN3O. The van der Waals surface area contributed by atoms with Crippen LogP contribution in [-0.2, 0) is 6.42 Å². The Kier molecular flexibility index (Phi) is 3.94. The second-order valence-corrected chi connectivity index (χ2v) is 5.76. The monoisotopic (exact) mass is 321 g/mol. The van der Waals surface area contributed by atoms with Gasteiger partial charge in [0.05, 0.1) is 0 Å². The predicted molar refractivity (Wildman–Crippen MR) is 76.8 cm³/mol. The van der Waals surface area contributed by atoms with Crippen LogP contribution in [0, 0.1) is 0 Å². The topological polar surface area (TPSA) is 51.0 Å². The molecule has 5 heteroatoms. The lowest BCUT2D eigenvalue weighted by Crippen LogP contribution is -2.17. The van der Waals surface area contributed by atoms with Gasteiger partial charge in [-0.15, -0.1) is 10.2 Å². The average Bonchev–Trinajstić information content (AvgIpc) is 3.11. The molecule has 0 atom stereocenters. The molecule has 4 nitrogen and oxygen atoms in total. The van der Waals surface area contributed by atoms with E-state index in [-0.39, 0.29) is 0 Å². The van der Waals surface area contributed by atoms with E-state index in [1.54, 1.807) is 0 Å². The highest BCUT2D eigenvalue weighted by Gasteiger charge is 2.19. The first-order valence-electron chi connectivity index (χ1n) is 6.63. The number of aryl methyl sites for hydroxylation is 1. The van der Waals surface area contributed by atoms with Gasteiger partial charge in [0, 0.05) is 22.5 Å². The molecule has 0 saturated heterocycles. The molecule has 0 radical (unpaired) electrons. The molecule has 2 aromatic rings. The van der Waals surface area contributed by atoms with E-state index in [2.05, 4.69) is 31.4 Å². The summed E-state index contributed by atoms with van der Waals surface area (Å²) in [5.41, 5.74) is 0.948. The highest BCUT2D eigenvalue weighted by molar-refractivity contribution is 9.10. The second kappa shape index (κ2) is 5.84. The van der Waals surface area contributed by atoms with Gasteiger partial charge in [-0.25, -0.2) is 0 Å². The molecule has 0 spiro atoms. The van der Waals surface area contributed by atoms with Crippen molar-refractivity contribution in [3.63, 3.8) is 0 Å². The summed E-state index contributed by atoms with van der Waals surface area (Å²) in [5.74, 6) is 1.30. The molecule has 0 unspecified atom stereocenters. The zero-order chi connectivity index (χ0) is 13.1. The van der Waals surface area contributed by atoms with Gasteiger partial charge < -0.3 is 9.73 Å². The van der Waals surface area contributed by atoms with Gasteiger partial charge in [-0.2, -0.15) is 0 Å². The fraction of sp³-hybridized carbons (Fsp3) is 0.429. The van der Waals surface area contributed by atoms with Gasteiger partial charge in [0.15, 0.2) is 0 Å². The van der Waals surface area contributed by atoms with Crippen molar-refractivity contribution in [3.8, 4) is 11.5 Å². The number of hydrogen-bond acceptors (Lipinski definition) is 4. The Labute approximate surface area is 120 Å². The van der Waals surface area contributed by atoms with Gasteiger partial charge in [0.25, 0.3) is 0 Å². The summed E-state index contributed by atoms with van der Waals surface area (Å²) in [6.45, 7) is 1.03. The van der Waals surface area contributed by atoms with E-state index in [0.717, 1.165) is 35.5 Å². The Morgan fingerprint density at radius 3 is 3.00 bits per heavy atom. The summed E-state index contributed by atoms with van der Waals surface area (Å²) in [4.78, 5) is 0. The lowest BCUT2D eigenvalue weighted by atomic mass is 10.2. The molecule has 1 saturated carbocycles. The van der Waals surface area contributed by atoms with Crippen molar-refractivity contribution >= 4 is 15.9 Å². The predicted octanol–water partition coefficient (Wildman–Crippen LogP) is 3.18. The van der Waals surface area contributed by atoms with Crippen LogP contribution in [0.4, 0.5) is 0 Å². The number of halogens is 1. The molecule has 1 aliphatic rings. The molecule has 1 aromatic carbocycles. The molecule has 1 aliphatic carbocycles. The highest BCUT2D eigenvalue weighted by Crippen LogP contribution is 2.22. The van der Waals surface area contributed by atoms with Crippen LogP contribution in [0.15, 0.2) is 33.2 Å². The third-order valence-electron chi connectivity index (χ3n) is 3.12. The number of benzene rings is 1. The number of hydrogen-bond donors (Lipinski definition) is 1. The van der Waals surface area contributed by atoms with Crippen LogP contribution in [-0.4, -0.2) is 22.8 Å². The first kappa shape index (κ1) is 12.8. The zero-order valence-electron chi connectivity index (χ0n) is 10.6. The Hall–Kier alpha value is -1.20. The van der Waals surface area contributed by atoms with Crippen LogP contribution in [0.1, 0.15) is 25.2 Å². The van der Waals surface area contributed by atoms with Crippen molar-refractivity contribution in [2.24, 2.45) is 0 Å². The maximum absolute atomic E-state index is 5.68. The summed E-state index contributed by atoms with van der Waals surface area (Å²) in [5, 5.41) is 11.7. The van der Waals surface area contributed by atoms with Crippen molar-refractivity contribution < 1.29 is 4.42 Å². The minimum Gasteiger partial charge on any atom is -0.421 e. The minimum atomic E-state index is 0.589. The van der Waals surface area contributed by atoms with E-state index in [1.165, 1.54) is 12.8 Å². The molecule has 0 aliphatic heterocycles. The van der Waals surface area contributed by atoms with Crippen molar-refractivity contribution in [2.45, 2.75) is 31.7 Å². The first-order valence-corrected chi connectivity index (χ1v) is 7.42. The largest absolute Gasteiger partial charge is 0.421 e. The standard InChI is InChI=1S/C14H16BrN3O/c15-11-4-1-3-10(9-11)14-18-17-13(19-14)5-2-8-16-12-6-7-12/h1,3-4,9,12,16H,2,5-8H2. The van der Waals surface area contributed by atoms with Crippen molar-refractivity contribution in [2.75, 3.05) is 6.54 Å².